The Kier molecular flexibility index (Phi) is 7.02. The summed E-state index contributed by atoms with van der Waals surface area (Å²) in [6, 6.07) is 7.74. The van der Waals surface area contributed by atoms with E-state index in [0.29, 0.717) is 42.5 Å². The van der Waals surface area contributed by atoms with Gasteiger partial charge in [0, 0.05) is 29.7 Å². The summed E-state index contributed by atoms with van der Waals surface area (Å²) in [7, 11) is 0. The van der Waals surface area contributed by atoms with Crippen LogP contribution < -0.4 is 0 Å². The second kappa shape index (κ2) is 8.68. The third kappa shape index (κ3) is 5.28. The van der Waals surface area contributed by atoms with Crippen LogP contribution in [0.15, 0.2) is 18.2 Å². The number of carbonyl (C=O) groups excluding carboxylic acids is 1. The minimum Gasteiger partial charge on any atom is -0.443 e. The smallest absolute Gasteiger partial charge is 0.424 e. The summed E-state index contributed by atoms with van der Waals surface area (Å²) in [5, 5.41) is 14.6. The van der Waals surface area contributed by atoms with E-state index in [9.17, 15) is 10.1 Å². The van der Waals surface area contributed by atoms with Gasteiger partial charge in [0.15, 0.2) is 0 Å². The first-order valence-electron chi connectivity index (χ1n) is 9.24. The van der Waals surface area contributed by atoms with E-state index in [1.54, 1.807) is 17.1 Å². The minimum atomic E-state index is -0.677. The number of nitriles is 1. The van der Waals surface area contributed by atoms with Gasteiger partial charge in [-0.1, -0.05) is 36.2 Å². The van der Waals surface area contributed by atoms with Crippen LogP contribution in [-0.2, 0) is 10.2 Å². The van der Waals surface area contributed by atoms with E-state index in [1.807, 2.05) is 38.8 Å². The third-order valence-electron chi connectivity index (χ3n) is 4.64. The molecule has 0 bridgehead atoms. The Morgan fingerprint density at radius 3 is 2.44 bits per heavy atom. The second-order valence-electron chi connectivity index (χ2n) is 7.88. The third-order valence-corrected chi connectivity index (χ3v) is 5.18. The highest BCUT2D eigenvalue weighted by molar-refractivity contribution is 6.35. The summed E-state index contributed by atoms with van der Waals surface area (Å²) >= 11 is 12.4. The minimum absolute atomic E-state index is 0.349. The molecule has 0 aromatic heterocycles. The molecule has 1 saturated heterocycles. The summed E-state index contributed by atoms with van der Waals surface area (Å²) in [5.74, 6) is 0. The van der Waals surface area contributed by atoms with Crippen molar-refractivity contribution in [2.45, 2.75) is 58.0 Å². The molecule has 1 fully saturated rings. The van der Waals surface area contributed by atoms with Crippen LogP contribution >= 0.6 is 23.2 Å². The van der Waals surface area contributed by atoms with Crippen molar-refractivity contribution in [2.24, 2.45) is 0 Å². The van der Waals surface area contributed by atoms with Gasteiger partial charge in [0.25, 0.3) is 0 Å². The Balaban J connectivity index is 2.17. The normalized spacial score (nSPS) is 17.2. The number of ether oxygens (including phenoxy) is 1. The number of rotatable bonds is 4. The molecule has 5 nitrogen and oxygen atoms in total. The van der Waals surface area contributed by atoms with Gasteiger partial charge in [-0.3, -0.25) is 0 Å². The summed E-state index contributed by atoms with van der Waals surface area (Å²) in [6.45, 7) is 9.32. The lowest BCUT2D eigenvalue weighted by Gasteiger charge is -2.43. The standard InChI is InChI=1S/C20H27Cl2N3O2/c1-5-10-25(18(26)27-19(2,3)4)24-11-8-20(14-23,9-12-24)16-7-6-15(21)13-17(16)22/h6-7,13H,5,8-12H2,1-4H3. The topological polar surface area (TPSA) is 56.6 Å². The van der Waals surface area contributed by atoms with Gasteiger partial charge < -0.3 is 4.74 Å². The number of nitrogens with zero attached hydrogens (tertiary/aromatic N) is 3. The quantitative estimate of drug-likeness (QED) is 0.663. The summed E-state index contributed by atoms with van der Waals surface area (Å²) in [5.41, 5.74) is -0.425. The zero-order chi connectivity index (χ0) is 20.2. The highest BCUT2D eigenvalue weighted by atomic mass is 35.5. The van der Waals surface area contributed by atoms with Crippen molar-refractivity contribution in [3.63, 3.8) is 0 Å². The fourth-order valence-electron chi connectivity index (χ4n) is 3.31. The van der Waals surface area contributed by atoms with Gasteiger partial charge in [0.1, 0.15) is 5.60 Å². The Bertz CT molecular complexity index is 717. The molecule has 0 atom stereocenters. The van der Waals surface area contributed by atoms with Crippen LogP contribution in [0.3, 0.4) is 0 Å². The molecule has 0 radical (unpaired) electrons. The first-order valence-corrected chi connectivity index (χ1v) is 9.99. The molecule has 1 aliphatic rings. The number of piperidine rings is 1. The van der Waals surface area contributed by atoms with Gasteiger partial charge in [-0.25, -0.2) is 14.8 Å². The maximum Gasteiger partial charge on any atom is 0.424 e. The van der Waals surface area contributed by atoms with E-state index in [-0.39, 0.29) is 6.09 Å². The van der Waals surface area contributed by atoms with Crippen LogP contribution in [-0.4, -0.2) is 41.3 Å². The Morgan fingerprint density at radius 2 is 1.96 bits per heavy atom. The van der Waals surface area contributed by atoms with Crippen LogP contribution in [0.4, 0.5) is 4.79 Å². The molecule has 148 valence electrons. The van der Waals surface area contributed by atoms with Crippen molar-refractivity contribution in [2.75, 3.05) is 19.6 Å². The van der Waals surface area contributed by atoms with Crippen LogP contribution in [0.1, 0.15) is 52.5 Å². The van der Waals surface area contributed by atoms with Crippen LogP contribution in [0.25, 0.3) is 0 Å². The highest BCUT2D eigenvalue weighted by Gasteiger charge is 2.40. The first kappa shape index (κ1) is 21.8. The van der Waals surface area contributed by atoms with Gasteiger partial charge in [-0.05, 0) is 57.7 Å². The summed E-state index contributed by atoms with van der Waals surface area (Å²) < 4.78 is 5.55. The van der Waals surface area contributed by atoms with Gasteiger partial charge in [-0.2, -0.15) is 5.26 Å². The number of hydrogen-bond acceptors (Lipinski definition) is 4. The lowest BCUT2D eigenvalue weighted by atomic mass is 9.74. The van der Waals surface area contributed by atoms with Crippen molar-refractivity contribution < 1.29 is 9.53 Å². The highest BCUT2D eigenvalue weighted by Crippen LogP contribution is 2.40. The van der Waals surface area contributed by atoms with Crippen molar-refractivity contribution >= 4 is 29.3 Å². The number of hydrogen-bond donors (Lipinski definition) is 0. The predicted octanol–water partition coefficient (Wildman–Crippen LogP) is 5.41. The lowest BCUT2D eigenvalue weighted by molar-refractivity contribution is -0.0643. The van der Waals surface area contributed by atoms with Crippen LogP contribution in [0.2, 0.25) is 10.0 Å². The van der Waals surface area contributed by atoms with Gasteiger partial charge in [-0.15, -0.1) is 0 Å². The maximum absolute atomic E-state index is 12.6. The first-order chi connectivity index (χ1) is 12.6. The van der Waals surface area contributed by atoms with E-state index < -0.39 is 11.0 Å². The molecule has 7 heteroatoms. The average molecular weight is 412 g/mol. The van der Waals surface area contributed by atoms with Crippen molar-refractivity contribution in [1.29, 1.82) is 5.26 Å². The number of hydrazine groups is 1. The fraction of sp³-hybridized carbons (Fsp3) is 0.600. The molecular weight excluding hydrogens is 385 g/mol. The van der Waals surface area contributed by atoms with Crippen molar-refractivity contribution in [3.8, 4) is 6.07 Å². The fourth-order valence-corrected chi connectivity index (χ4v) is 3.90. The van der Waals surface area contributed by atoms with E-state index in [0.717, 1.165) is 12.0 Å². The van der Waals surface area contributed by atoms with E-state index in [1.165, 1.54) is 0 Å². The summed E-state index contributed by atoms with van der Waals surface area (Å²) in [4.78, 5) is 12.6. The summed E-state index contributed by atoms with van der Waals surface area (Å²) in [6.07, 6.45) is 1.63. The molecule has 1 amide bonds. The van der Waals surface area contributed by atoms with Crippen LogP contribution in [0.5, 0.6) is 0 Å². The molecule has 0 unspecified atom stereocenters. The number of benzene rings is 1. The zero-order valence-corrected chi connectivity index (χ0v) is 17.9. The van der Waals surface area contributed by atoms with E-state index >= 15 is 0 Å². The molecule has 0 saturated carbocycles. The molecule has 1 aromatic carbocycles. The Hall–Kier alpha value is -1.48. The van der Waals surface area contributed by atoms with Gasteiger partial charge in [0.2, 0.25) is 0 Å². The SMILES string of the molecule is CCCN(C(=O)OC(C)(C)C)N1CCC(C#N)(c2ccc(Cl)cc2Cl)CC1. The molecule has 1 heterocycles. The average Bonchev–Trinajstić information content (AvgIpc) is 2.58. The zero-order valence-electron chi connectivity index (χ0n) is 16.4. The molecular formula is C20H27Cl2N3O2. The number of halogens is 2. The van der Waals surface area contributed by atoms with Crippen molar-refractivity contribution in [1.82, 2.24) is 10.0 Å². The number of amides is 1. The second-order valence-corrected chi connectivity index (χ2v) is 8.72. The van der Waals surface area contributed by atoms with Gasteiger partial charge >= 0.3 is 6.09 Å². The molecule has 2 rings (SSSR count). The Morgan fingerprint density at radius 1 is 1.33 bits per heavy atom. The molecule has 1 aromatic rings. The predicted molar refractivity (Wildman–Crippen MR) is 108 cm³/mol. The molecule has 27 heavy (non-hydrogen) atoms. The van der Waals surface area contributed by atoms with E-state index in [4.69, 9.17) is 27.9 Å². The molecule has 0 N–H and O–H groups in total. The number of carbonyl (C=O) groups is 1. The molecule has 0 spiro atoms. The largest absolute Gasteiger partial charge is 0.443 e. The monoisotopic (exact) mass is 411 g/mol. The van der Waals surface area contributed by atoms with Crippen LogP contribution in [0, 0.1) is 11.3 Å². The molecule has 1 aliphatic heterocycles. The van der Waals surface area contributed by atoms with Gasteiger partial charge in [0.05, 0.1) is 11.5 Å². The maximum atomic E-state index is 12.6. The van der Waals surface area contributed by atoms with Crippen molar-refractivity contribution in [3.05, 3.63) is 33.8 Å². The lowest BCUT2D eigenvalue weighted by Crippen LogP contribution is -2.54. The molecule has 0 aliphatic carbocycles. The Labute approximate surface area is 171 Å². The van der Waals surface area contributed by atoms with E-state index in [2.05, 4.69) is 6.07 Å².